The van der Waals surface area contributed by atoms with E-state index in [4.69, 9.17) is 0 Å². The molecular formula is C33H23F10NO2. The molecule has 1 aliphatic carbocycles. The van der Waals surface area contributed by atoms with Crippen molar-refractivity contribution in [3.8, 4) is 5.75 Å². The number of halogens is 10. The van der Waals surface area contributed by atoms with E-state index in [9.17, 15) is 44.3 Å². The smallest absolute Gasteiger partial charge is 0.428 e. The van der Waals surface area contributed by atoms with Crippen molar-refractivity contribution >= 4 is 11.6 Å². The lowest BCUT2D eigenvalue weighted by atomic mass is 9.80. The largest absolute Gasteiger partial charge is 0.461 e. The third-order valence-electron chi connectivity index (χ3n) is 7.70. The summed E-state index contributed by atoms with van der Waals surface area (Å²) in [5.41, 5.74) is -4.56. The summed E-state index contributed by atoms with van der Waals surface area (Å²) in [6.07, 6.45) is -13.3. The molecule has 0 spiro atoms. The van der Waals surface area contributed by atoms with Crippen molar-refractivity contribution in [1.29, 1.82) is 0 Å². The summed E-state index contributed by atoms with van der Waals surface area (Å²) >= 11 is 0. The van der Waals surface area contributed by atoms with E-state index < -0.39 is 64.5 Å². The van der Waals surface area contributed by atoms with Gasteiger partial charge in [0.1, 0.15) is 23.2 Å². The van der Waals surface area contributed by atoms with Gasteiger partial charge in [0.2, 0.25) is 0 Å². The molecule has 4 aromatic carbocycles. The fourth-order valence-electron chi connectivity index (χ4n) is 5.24. The van der Waals surface area contributed by atoms with Gasteiger partial charge in [0.05, 0.1) is 11.1 Å². The Morgan fingerprint density at radius 1 is 0.804 bits per heavy atom. The Kier molecular flexibility index (Phi) is 8.56. The molecule has 0 radical (unpaired) electrons. The maximum atomic E-state index is 15.1. The zero-order valence-corrected chi connectivity index (χ0v) is 23.7. The number of alkyl halides is 7. The van der Waals surface area contributed by atoms with Gasteiger partial charge in [-0.2, -0.15) is 30.7 Å². The maximum Gasteiger partial charge on any atom is 0.461 e. The summed E-state index contributed by atoms with van der Waals surface area (Å²) in [6.45, 7) is 1.29. The summed E-state index contributed by atoms with van der Waals surface area (Å²) in [7, 11) is 0. The minimum Gasteiger partial charge on any atom is -0.428 e. The zero-order chi connectivity index (χ0) is 33.6. The average molecular weight is 656 g/mol. The predicted molar refractivity (Wildman–Crippen MR) is 147 cm³/mol. The van der Waals surface area contributed by atoms with Crippen LogP contribution in [0.2, 0.25) is 0 Å². The molecule has 0 unspecified atom stereocenters. The molecule has 1 saturated carbocycles. The van der Waals surface area contributed by atoms with Crippen molar-refractivity contribution < 1.29 is 53.4 Å². The third kappa shape index (κ3) is 6.40. The van der Waals surface area contributed by atoms with E-state index in [1.54, 1.807) is 6.07 Å². The topological polar surface area (TPSA) is 29.5 Å². The van der Waals surface area contributed by atoms with Gasteiger partial charge in [-0.25, -0.2) is 13.2 Å². The monoisotopic (exact) mass is 655 g/mol. The molecule has 1 amide bonds. The molecule has 0 aromatic heterocycles. The molecule has 0 bridgehead atoms. The highest BCUT2D eigenvalue weighted by Gasteiger charge is 2.46. The Morgan fingerprint density at radius 2 is 1.46 bits per heavy atom. The van der Waals surface area contributed by atoms with Crippen molar-refractivity contribution in [2.45, 2.75) is 49.9 Å². The summed E-state index contributed by atoms with van der Waals surface area (Å²) in [4.78, 5) is 15.2. The second kappa shape index (κ2) is 12.0. The van der Waals surface area contributed by atoms with E-state index in [2.05, 4.69) is 4.74 Å². The SMILES string of the molecule is C[C@](c1cc(F)cc(OC(F)(F)C(F)F)c1)(c1ccc(F)c(C2CC2)c1)N(C(=O)c1ccc(F)c(C(F)(F)F)c1)c1ccccc1. The van der Waals surface area contributed by atoms with Crippen LogP contribution in [-0.2, 0) is 11.7 Å². The minimum absolute atomic E-state index is 0.00480. The van der Waals surface area contributed by atoms with E-state index in [0.29, 0.717) is 25.0 Å². The van der Waals surface area contributed by atoms with Crippen LogP contribution in [0.4, 0.5) is 49.6 Å². The number of anilines is 1. The number of carbonyl (C=O) groups excluding carboxylic acids is 1. The summed E-state index contributed by atoms with van der Waals surface area (Å²) in [5, 5.41) is 0. The maximum absolute atomic E-state index is 15.1. The predicted octanol–water partition coefficient (Wildman–Crippen LogP) is 9.85. The van der Waals surface area contributed by atoms with Crippen LogP contribution < -0.4 is 9.64 Å². The molecule has 0 N–H and O–H groups in total. The molecule has 5 rings (SSSR count). The average Bonchev–Trinajstić information content (AvgIpc) is 3.82. The number of hydrogen-bond donors (Lipinski definition) is 0. The third-order valence-corrected chi connectivity index (χ3v) is 7.70. The van der Waals surface area contributed by atoms with Gasteiger partial charge in [0.15, 0.2) is 0 Å². The van der Waals surface area contributed by atoms with Gasteiger partial charge in [-0.1, -0.05) is 24.3 Å². The van der Waals surface area contributed by atoms with Crippen LogP contribution in [0.3, 0.4) is 0 Å². The molecule has 1 fully saturated rings. The number of nitrogens with zero attached hydrogens (tertiary/aromatic N) is 1. The normalized spacial score (nSPS) is 15.0. The summed E-state index contributed by atoms with van der Waals surface area (Å²) in [6, 6.07) is 14.4. The zero-order valence-electron chi connectivity index (χ0n) is 23.7. The highest BCUT2D eigenvalue weighted by atomic mass is 19.4. The first-order valence-electron chi connectivity index (χ1n) is 13.7. The van der Waals surface area contributed by atoms with E-state index in [1.807, 2.05) is 0 Å². The quantitative estimate of drug-likeness (QED) is 0.168. The Bertz CT molecular complexity index is 1760. The highest BCUT2D eigenvalue weighted by molar-refractivity contribution is 6.07. The number of amides is 1. The molecule has 242 valence electrons. The number of carbonyl (C=O) groups is 1. The first-order valence-corrected chi connectivity index (χ1v) is 13.7. The van der Waals surface area contributed by atoms with Crippen LogP contribution in [0, 0.1) is 17.5 Å². The second-order valence-corrected chi connectivity index (χ2v) is 10.9. The van der Waals surface area contributed by atoms with Crippen LogP contribution >= 0.6 is 0 Å². The van der Waals surface area contributed by atoms with E-state index in [0.717, 1.165) is 29.2 Å². The van der Waals surface area contributed by atoms with Gasteiger partial charge in [-0.05, 0) is 97.0 Å². The summed E-state index contributed by atoms with van der Waals surface area (Å²) in [5.74, 6) is -5.97. The standard InChI is InChI=1S/C33H23F10NO2/c1-31(20-10-12-27(35)25(16-20)18-7-8-18,21-14-22(34)17-24(15-21)46-33(42,43)30(37)38)44(23-5-3-2-4-6-23)29(45)19-9-11-28(36)26(13-19)32(39,40)41/h2-6,9-18,30H,7-8H2,1H3/t31-/m1/s1. The lowest BCUT2D eigenvalue weighted by Crippen LogP contribution is -2.49. The van der Waals surface area contributed by atoms with E-state index in [-0.39, 0.29) is 34.4 Å². The van der Waals surface area contributed by atoms with Crippen molar-refractivity contribution in [2.75, 3.05) is 4.90 Å². The van der Waals surface area contributed by atoms with Crippen molar-refractivity contribution in [3.05, 3.63) is 130 Å². The summed E-state index contributed by atoms with van der Waals surface area (Å²) < 4.78 is 143. The van der Waals surface area contributed by atoms with Gasteiger partial charge in [-0.3, -0.25) is 9.69 Å². The molecule has 0 aliphatic heterocycles. The van der Waals surface area contributed by atoms with Gasteiger partial charge in [-0.15, -0.1) is 0 Å². The molecule has 46 heavy (non-hydrogen) atoms. The van der Waals surface area contributed by atoms with Crippen LogP contribution in [-0.4, -0.2) is 18.4 Å². The van der Waals surface area contributed by atoms with Gasteiger partial charge in [0.25, 0.3) is 5.91 Å². The fourth-order valence-corrected chi connectivity index (χ4v) is 5.24. The van der Waals surface area contributed by atoms with Crippen LogP contribution in [0.5, 0.6) is 5.75 Å². The Morgan fingerprint density at radius 3 is 2.07 bits per heavy atom. The van der Waals surface area contributed by atoms with Crippen molar-refractivity contribution in [2.24, 2.45) is 0 Å². The lowest BCUT2D eigenvalue weighted by molar-refractivity contribution is -0.253. The van der Waals surface area contributed by atoms with Gasteiger partial charge < -0.3 is 4.74 Å². The fraction of sp³-hybridized carbons (Fsp3) is 0.242. The van der Waals surface area contributed by atoms with Gasteiger partial charge >= 0.3 is 18.7 Å². The highest BCUT2D eigenvalue weighted by Crippen LogP contribution is 2.46. The molecule has 1 atom stereocenters. The number of hydrogen-bond acceptors (Lipinski definition) is 2. The molecule has 0 heterocycles. The molecule has 13 heteroatoms. The Labute approximate surface area is 256 Å². The molecule has 3 nitrogen and oxygen atoms in total. The lowest BCUT2D eigenvalue weighted by Gasteiger charge is -2.43. The number of rotatable bonds is 9. The molecule has 1 aliphatic rings. The van der Waals surface area contributed by atoms with E-state index >= 15 is 4.39 Å². The first kappa shape index (κ1) is 32.8. The van der Waals surface area contributed by atoms with Crippen LogP contribution in [0.25, 0.3) is 0 Å². The van der Waals surface area contributed by atoms with E-state index in [1.165, 1.54) is 43.3 Å². The number of para-hydroxylation sites is 1. The van der Waals surface area contributed by atoms with Gasteiger partial charge in [0, 0.05) is 17.3 Å². The Balaban J connectivity index is 1.80. The second-order valence-electron chi connectivity index (χ2n) is 10.9. The van der Waals surface area contributed by atoms with Crippen molar-refractivity contribution in [3.63, 3.8) is 0 Å². The Hall–Kier alpha value is -4.55. The minimum atomic E-state index is -5.19. The number of ether oxygens (including phenoxy) is 1. The van der Waals surface area contributed by atoms with Crippen LogP contribution in [0.15, 0.2) is 84.9 Å². The number of benzene rings is 4. The molecular weight excluding hydrogens is 632 g/mol. The van der Waals surface area contributed by atoms with Crippen LogP contribution in [0.1, 0.15) is 58.3 Å². The molecule has 4 aromatic rings. The molecule has 0 saturated heterocycles. The van der Waals surface area contributed by atoms with Crippen molar-refractivity contribution in [1.82, 2.24) is 0 Å². The first-order chi connectivity index (χ1) is 21.5.